The first-order valence-electron chi connectivity index (χ1n) is 6.05. The Kier molecular flexibility index (Phi) is 2.94. The van der Waals surface area contributed by atoms with Gasteiger partial charge in [0.1, 0.15) is 5.69 Å². The van der Waals surface area contributed by atoms with Crippen molar-refractivity contribution < 1.29 is 0 Å². The lowest BCUT2D eigenvalue weighted by molar-refractivity contribution is 1.03. The molecule has 1 heterocycles. The Bertz CT molecular complexity index is 673. The average molecular weight is 248 g/mol. The van der Waals surface area contributed by atoms with E-state index in [4.69, 9.17) is 0 Å². The van der Waals surface area contributed by atoms with Crippen molar-refractivity contribution in [3.8, 4) is 22.4 Å². The van der Waals surface area contributed by atoms with Crippen LogP contribution in [-0.2, 0) is 0 Å². The lowest BCUT2D eigenvalue weighted by Gasteiger charge is -2.03. The molecule has 2 aromatic carbocycles. The molecule has 0 saturated carbocycles. The smallest absolute Gasteiger partial charge is 0.215 e. The topological polar surface area (TPSA) is 45.8 Å². The maximum absolute atomic E-state index is 12.5. The van der Waals surface area contributed by atoms with Gasteiger partial charge in [-0.2, -0.15) is 5.10 Å². The van der Waals surface area contributed by atoms with E-state index < -0.39 is 0 Å². The number of benzene rings is 2. The minimum atomic E-state index is -0.0591. The highest BCUT2D eigenvalue weighted by Crippen LogP contribution is 2.17. The van der Waals surface area contributed by atoms with Crippen LogP contribution in [0.15, 0.2) is 71.7 Å². The van der Waals surface area contributed by atoms with Crippen molar-refractivity contribution >= 4 is 0 Å². The fraction of sp³-hybridized carbons (Fsp3) is 0. The second-order valence-electron chi connectivity index (χ2n) is 4.21. The SMILES string of the molecule is O=c1c(-c2ccccc2)c[nH]nc1-c1ccccc1. The van der Waals surface area contributed by atoms with Gasteiger partial charge in [0.05, 0.1) is 0 Å². The van der Waals surface area contributed by atoms with Gasteiger partial charge in [0.2, 0.25) is 5.43 Å². The van der Waals surface area contributed by atoms with Crippen molar-refractivity contribution in [1.82, 2.24) is 10.2 Å². The Balaban J connectivity index is 2.18. The summed E-state index contributed by atoms with van der Waals surface area (Å²) in [6, 6.07) is 19.1. The van der Waals surface area contributed by atoms with Gasteiger partial charge >= 0.3 is 0 Å². The molecule has 0 bridgehead atoms. The van der Waals surface area contributed by atoms with E-state index in [9.17, 15) is 4.79 Å². The monoisotopic (exact) mass is 248 g/mol. The zero-order valence-electron chi connectivity index (χ0n) is 10.2. The predicted octanol–water partition coefficient (Wildman–Crippen LogP) is 3.10. The van der Waals surface area contributed by atoms with Crippen LogP contribution in [0, 0.1) is 0 Å². The van der Waals surface area contributed by atoms with Crippen molar-refractivity contribution in [2.75, 3.05) is 0 Å². The van der Waals surface area contributed by atoms with E-state index in [0.29, 0.717) is 11.3 Å². The lowest BCUT2D eigenvalue weighted by Crippen LogP contribution is -2.11. The fourth-order valence-corrected chi connectivity index (χ4v) is 2.03. The molecule has 0 fully saturated rings. The van der Waals surface area contributed by atoms with Gasteiger partial charge in [-0.05, 0) is 5.56 Å². The van der Waals surface area contributed by atoms with Gasteiger partial charge in [0.15, 0.2) is 0 Å². The van der Waals surface area contributed by atoms with Gasteiger partial charge in [0, 0.05) is 17.3 Å². The van der Waals surface area contributed by atoms with Crippen LogP contribution in [0.25, 0.3) is 22.4 Å². The summed E-state index contributed by atoms with van der Waals surface area (Å²) in [5, 5.41) is 6.91. The number of hydrogen-bond donors (Lipinski definition) is 1. The highest BCUT2D eigenvalue weighted by atomic mass is 16.1. The maximum atomic E-state index is 12.5. The van der Waals surface area contributed by atoms with Crippen LogP contribution in [-0.4, -0.2) is 10.2 Å². The first-order chi connectivity index (χ1) is 9.36. The summed E-state index contributed by atoms with van der Waals surface area (Å²) in [6.45, 7) is 0. The largest absolute Gasteiger partial charge is 0.287 e. The highest BCUT2D eigenvalue weighted by molar-refractivity contribution is 5.68. The molecule has 0 spiro atoms. The molecule has 92 valence electrons. The van der Waals surface area contributed by atoms with Crippen molar-refractivity contribution in [2.45, 2.75) is 0 Å². The van der Waals surface area contributed by atoms with Gasteiger partial charge < -0.3 is 0 Å². The minimum absolute atomic E-state index is 0.0591. The molecule has 0 atom stereocenters. The van der Waals surface area contributed by atoms with Gasteiger partial charge in [-0.1, -0.05) is 60.7 Å². The van der Waals surface area contributed by atoms with E-state index in [1.165, 1.54) is 0 Å². The Hall–Kier alpha value is -2.68. The summed E-state index contributed by atoms with van der Waals surface area (Å²) >= 11 is 0. The highest BCUT2D eigenvalue weighted by Gasteiger charge is 2.10. The summed E-state index contributed by atoms with van der Waals surface area (Å²) in [5.74, 6) is 0. The fourth-order valence-electron chi connectivity index (χ4n) is 2.03. The average Bonchev–Trinajstić information content (AvgIpc) is 2.49. The number of hydrogen-bond acceptors (Lipinski definition) is 2. The van der Waals surface area contributed by atoms with E-state index >= 15 is 0 Å². The van der Waals surface area contributed by atoms with Crippen molar-refractivity contribution in [1.29, 1.82) is 0 Å². The van der Waals surface area contributed by atoms with Gasteiger partial charge in [-0.3, -0.25) is 9.89 Å². The molecular weight excluding hydrogens is 236 g/mol. The van der Waals surface area contributed by atoms with Crippen LogP contribution in [0.2, 0.25) is 0 Å². The Morgan fingerprint density at radius 3 is 2.00 bits per heavy atom. The lowest BCUT2D eigenvalue weighted by atomic mass is 10.0. The third kappa shape index (κ3) is 2.18. The molecule has 0 radical (unpaired) electrons. The standard InChI is InChI=1S/C16H12N2O/c19-16-14(12-7-3-1-4-8-12)11-17-18-15(16)13-9-5-2-6-10-13/h1-11H,(H,17,19). The Labute approximate surface area is 110 Å². The summed E-state index contributed by atoms with van der Waals surface area (Å²) in [4.78, 5) is 12.5. The summed E-state index contributed by atoms with van der Waals surface area (Å²) in [6.07, 6.45) is 1.64. The number of aromatic nitrogens is 2. The first kappa shape index (κ1) is 11.4. The third-order valence-electron chi connectivity index (χ3n) is 2.98. The van der Waals surface area contributed by atoms with E-state index in [1.807, 2.05) is 60.7 Å². The minimum Gasteiger partial charge on any atom is -0.287 e. The van der Waals surface area contributed by atoms with E-state index in [0.717, 1.165) is 11.1 Å². The Morgan fingerprint density at radius 1 is 0.789 bits per heavy atom. The number of aromatic amines is 1. The van der Waals surface area contributed by atoms with Gasteiger partial charge in [-0.15, -0.1) is 0 Å². The molecule has 3 heteroatoms. The van der Waals surface area contributed by atoms with Gasteiger partial charge in [0.25, 0.3) is 0 Å². The van der Waals surface area contributed by atoms with E-state index in [-0.39, 0.29) is 5.43 Å². The third-order valence-corrected chi connectivity index (χ3v) is 2.98. The summed E-state index contributed by atoms with van der Waals surface area (Å²) < 4.78 is 0. The molecule has 19 heavy (non-hydrogen) atoms. The second-order valence-corrected chi connectivity index (χ2v) is 4.21. The van der Waals surface area contributed by atoms with Crippen LogP contribution in [0.4, 0.5) is 0 Å². The van der Waals surface area contributed by atoms with Crippen LogP contribution >= 0.6 is 0 Å². The number of nitrogens with zero attached hydrogens (tertiary/aromatic N) is 1. The molecule has 1 aromatic heterocycles. The first-order valence-corrected chi connectivity index (χ1v) is 6.05. The molecule has 3 aromatic rings. The molecular formula is C16H12N2O. The number of H-pyrrole nitrogens is 1. The van der Waals surface area contributed by atoms with Gasteiger partial charge in [-0.25, -0.2) is 0 Å². The quantitative estimate of drug-likeness (QED) is 0.757. The van der Waals surface area contributed by atoms with E-state index in [1.54, 1.807) is 6.20 Å². The maximum Gasteiger partial charge on any atom is 0.215 e. The zero-order valence-corrected chi connectivity index (χ0v) is 10.2. The normalized spacial score (nSPS) is 10.3. The zero-order chi connectivity index (χ0) is 13.1. The molecule has 3 nitrogen and oxygen atoms in total. The predicted molar refractivity (Wildman–Crippen MR) is 75.7 cm³/mol. The van der Waals surface area contributed by atoms with Crippen LogP contribution in [0.1, 0.15) is 0 Å². The molecule has 0 saturated heterocycles. The molecule has 0 aliphatic heterocycles. The molecule has 0 unspecified atom stereocenters. The summed E-state index contributed by atoms with van der Waals surface area (Å²) in [5.41, 5.74) is 2.73. The van der Waals surface area contributed by atoms with Crippen LogP contribution in [0.3, 0.4) is 0 Å². The molecule has 0 amide bonds. The summed E-state index contributed by atoms with van der Waals surface area (Å²) in [7, 11) is 0. The van der Waals surface area contributed by atoms with Crippen LogP contribution in [0.5, 0.6) is 0 Å². The second kappa shape index (κ2) is 4.90. The van der Waals surface area contributed by atoms with Crippen LogP contribution < -0.4 is 5.43 Å². The van der Waals surface area contributed by atoms with E-state index in [2.05, 4.69) is 10.2 Å². The van der Waals surface area contributed by atoms with Crippen molar-refractivity contribution in [2.24, 2.45) is 0 Å². The molecule has 1 N–H and O–H groups in total. The Morgan fingerprint density at radius 2 is 1.37 bits per heavy atom. The molecule has 0 aliphatic carbocycles. The van der Waals surface area contributed by atoms with Crippen molar-refractivity contribution in [3.05, 3.63) is 77.1 Å². The number of nitrogens with one attached hydrogen (secondary N) is 1. The van der Waals surface area contributed by atoms with Crippen molar-refractivity contribution in [3.63, 3.8) is 0 Å². The molecule has 3 rings (SSSR count). The number of rotatable bonds is 2. The molecule has 0 aliphatic rings.